The highest BCUT2D eigenvalue weighted by molar-refractivity contribution is 5.48. The molecule has 1 atom stereocenters. The molecule has 1 saturated heterocycles. The lowest BCUT2D eigenvalue weighted by atomic mass is 10.1. The molecule has 3 heteroatoms. The number of anilines is 1. The summed E-state index contributed by atoms with van der Waals surface area (Å²) < 4.78 is 0. The van der Waals surface area contributed by atoms with Gasteiger partial charge in [-0.05, 0) is 50.9 Å². The van der Waals surface area contributed by atoms with Gasteiger partial charge in [0.15, 0.2) is 0 Å². The zero-order valence-corrected chi connectivity index (χ0v) is 12.3. The predicted molar refractivity (Wildman–Crippen MR) is 82.7 cm³/mol. The van der Waals surface area contributed by atoms with Crippen LogP contribution in [0.25, 0.3) is 0 Å². The molecule has 0 saturated carbocycles. The Morgan fingerprint density at radius 3 is 2.58 bits per heavy atom. The first-order valence-electron chi connectivity index (χ1n) is 7.46. The Morgan fingerprint density at radius 2 is 1.95 bits per heavy atom. The molecule has 19 heavy (non-hydrogen) atoms. The van der Waals surface area contributed by atoms with Crippen molar-refractivity contribution in [1.82, 2.24) is 4.90 Å². The molecule has 0 aromatic heterocycles. The van der Waals surface area contributed by atoms with Crippen molar-refractivity contribution < 1.29 is 0 Å². The lowest BCUT2D eigenvalue weighted by molar-refractivity contribution is 0.187. The number of rotatable bonds is 5. The summed E-state index contributed by atoms with van der Waals surface area (Å²) in [4.78, 5) is 5.10. The Balaban J connectivity index is 1.85. The lowest BCUT2D eigenvalue weighted by Crippen LogP contribution is -2.49. The van der Waals surface area contributed by atoms with E-state index in [2.05, 4.69) is 47.9 Å². The van der Waals surface area contributed by atoms with E-state index in [0.717, 1.165) is 26.1 Å². The largest absolute Gasteiger partial charge is 0.369 e. The van der Waals surface area contributed by atoms with Crippen LogP contribution in [0, 0.1) is 6.92 Å². The zero-order chi connectivity index (χ0) is 13.7. The van der Waals surface area contributed by atoms with E-state index in [9.17, 15) is 0 Å². The number of hydrogen-bond donors (Lipinski definition) is 1. The van der Waals surface area contributed by atoms with Gasteiger partial charge in [0.25, 0.3) is 0 Å². The molecule has 1 unspecified atom stereocenters. The van der Waals surface area contributed by atoms with Gasteiger partial charge in [-0.15, -0.1) is 0 Å². The van der Waals surface area contributed by atoms with Gasteiger partial charge in [0.2, 0.25) is 0 Å². The van der Waals surface area contributed by atoms with E-state index in [1.807, 2.05) is 0 Å². The predicted octanol–water partition coefficient (Wildman–Crippen LogP) is 2.24. The van der Waals surface area contributed by atoms with Crippen LogP contribution in [0.3, 0.4) is 0 Å². The molecule has 1 aromatic carbocycles. The van der Waals surface area contributed by atoms with Crippen molar-refractivity contribution in [3.63, 3.8) is 0 Å². The van der Waals surface area contributed by atoms with E-state index in [4.69, 9.17) is 5.73 Å². The van der Waals surface area contributed by atoms with E-state index in [1.165, 1.54) is 30.8 Å². The smallest absolute Gasteiger partial charge is 0.0369 e. The number of hydrogen-bond acceptors (Lipinski definition) is 3. The monoisotopic (exact) mass is 261 g/mol. The first kappa shape index (κ1) is 14.4. The molecular formula is C16H27N3. The Kier molecular flexibility index (Phi) is 5.23. The fourth-order valence-corrected chi connectivity index (χ4v) is 2.84. The van der Waals surface area contributed by atoms with Crippen molar-refractivity contribution in [2.75, 3.05) is 37.6 Å². The van der Waals surface area contributed by atoms with Gasteiger partial charge < -0.3 is 10.6 Å². The molecule has 106 valence electrons. The van der Waals surface area contributed by atoms with Gasteiger partial charge in [-0.1, -0.05) is 12.1 Å². The zero-order valence-electron chi connectivity index (χ0n) is 12.3. The van der Waals surface area contributed by atoms with Crippen molar-refractivity contribution >= 4 is 5.69 Å². The fourth-order valence-electron chi connectivity index (χ4n) is 2.84. The first-order chi connectivity index (χ1) is 9.20. The summed E-state index contributed by atoms with van der Waals surface area (Å²) in [7, 11) is 0. The molecule has 0 radical (unpaired) electrons. The Bertz CT molecular complexity index is 383. The van der Waals surface area contributed by atoms with Crippen LogP contribution in [0.4, 0.5) is 5.69 Å². The fraction of sp³-hybridized carbons (Fsp3) is 0.625. The molecule has 1 aliphatic rings. The molecule has 1 fully saturated rings. The van der Waals surface area contributed by atoms with Crippen LogP contribution < -0.4 is 10.6 Å². The highest BCUT2D eigenvalue weighted by Crippen LogP contribution is 2.19. The van der Waals surface area contributed by atoms with E-state index in [-0.39, 0.29) is 0 Å². The van der Waals surface area contributed by atoms with Crippen molar-refractivity contribution in [2.24, 2.45) is 5.73 Å². The Labute approximate surface area is 117 Å². The van der Waals surface area contributed by atoms with Gasteiger partial charge in [-0.3, -0.25) is 4.90 Å². The summed E-state index contributed by atoms with van der Waals surface area (Å²) in [6, 6.07) is 9.49. The summed E-state index contributed by atoms with van der Waals surface area (Å²) in [5.41, 5.74) is 8.31. The Morgan fingerprint density at radius 1 is 1.21 bits per heavy atom. The molecule has 1 aliphatic heterocycles. The summed E-state index contributed by atoms with van der Waals surface area (Å²) in [5.74, 6) is 0. The molecule has 0 bridgehead atoms. The van der Waals surface area contributed by atoms with Crippen molar-refractivity contribution in [1.29, 1.82) is 0 Å². The van der Waals surface area contributed by atoms with Crippen molar-refractivity contribution in [3.05, 3.63) is 29.8 Å². The average molecular weight is 261 g/mol. The third-order valence-corrected chi connectivity index (χ3v) is 4.13. The highest BCUT2D eigenvalue weighted by atomic mass is 15.3. The van der Waals surface area contributed by atoms with E-state index in [1.54, 1.807) is 0 Å². The van der Waals surface area contributed by atoms with Gasteiger partial charge in [0.1, 0.15) is 0 Å². The maximum Gasteiger partial charge on any atom is 0.0369 e. The number of piperazine rings is 1. The number of aryl methyl sites for hydroxylation is 1. The topological polar surface area (TPSA) is 32.5 Å². The average Bonchev–Trinajstić information content (AvgIpc) is 2.45. The van der Waals surface area contributed by atoms with Crippen LogP contribution in [0.5, 0.6) is 0 Å². The second-order valence-electron chi connectivity index (χ2n) is 5.64. The minimum atomic E-state index is 0.670. The van der Waals surface area contributed by atoms with Gasteiger partial charge in [-0.25, -0.2) is 0 Å². The summed E-state index contributed by atoms with van der Waals surface area (Å²) >= 11 is 0. The normalized spacial score (nSPS) is 18.6. The van der Waals surface area contributed by atoms with Crippen LogP contribution in [0.1, 0.15) is 25.3 Å². The molecular weight excluding hydrogens is 234 g/mol. The molecule has 1 aromatic rings. The van der Waals surface area contributed by atoms with E-state index >= 15 is 0 Å². The third kappa shape index (κ3) is 3.95. The van der Waals surface area contributed by atoms with Crippen molar-refractivity contribution in [2.45, 2.75) is 32.7 Å². The van der Waals surface area contributed by atoms with Crippen LogP contribution in [-0.2, 0) is 0 Å². The molecule has 0 amide bonds. The number of nitrogens with zero attached hydrogens (tertiary/aromatic N) is 2. The van der Waals surface area contributed by atoms with Crippen LogP contribution in [0.15, 0.2) is 24.3 Å². The summed E-state index contributed by atoms with van der Waals surface area (Å²) in [5, 5.41) is 0. The maximum absolute atomic E-state index is 5.59. The molecule has 1 heterocycles. The number of benzene rings is 1. The molecule has 2 N–H and O–H groups in total. The molecule has 2 rings (SSSR count). The summed E-state index contributed by atoms with van der Waals surface area (Å²) in [6.07, 6.45) is 2.36. The van der Waals surface area contributed by atoms with Gasteiger partial charge in [0.05, 0.1) is 0 Å². The standard InChI is InChI=1S/C16H27N3/c1-14-5-3-7-16(13-14)19-11-9-18(10-12-19)15(2)6-4-8-17/h3,5,7,13,15H,4,6,8-12,17H2,1-2H3. The molecule has 0 aliphatic carbocycles. The second kappa shape index (κ2) is 6.92. The minimum absolute atomic E-state index is 0.670. The quantitative estimate of drug-likeness (QED) is 0.882. The van der Waals surface area contributed by atoms with Crippen LogP contribution in [-0.4, -0.2) is 43.7 Å². The lowest BCUT2D eigenvalue weighted by Gasteiger charge is -2.39. The minimum Gasteiger partial charge on any atom is -0.369 e. The Hall–Kier alpha value is -1.06. The first-order valence-corrected chi connectivity index (χ1v) is 7.46. The SMILES string of the molecule is Cc1cccc(N2CCN(C(C)CCCN)CC2)c1. The van der Waals surface area contributed by atoms with Crippen molar-refractivity contribution in [3.8, 4) is 0 Å². The van der Waals surface area contributed by atoms with Gasteiger partial charge in [0, 0.05) is 37.9 Å². The third-order valence-electron chi connectivity index (χ3n) is 4.13. The van der Waals surface area contributed by atoms with E-state index in [0.29, 0.717) is 6.04 Å². The highest BCUT2D eigenvalue weighted by Gasteiger charge is 2.20. The number of nitrogens with two attached hydrogens (primary N) is 1. The molecule has 3 nitrogen and oxygen atoms in total. The van der Waals surface area contributed by atoms with E-state index < -0.39 is 0 Å². The second-order valence-corrected chi connectivity index (χ2v) is 5.64. The van der Waals surface area contributed by atoms with Gasteiger partial charge in [-0.2, -0.15) is 0 Å². The van der Waals surface area contributed by atoms with Crippen LogP contribution >= 0.6 is 0 Å². The summed E-state index contributed by atoms with van der Waals surface area (Å²) in [6.45, 7) is 9.91. The van der Waals surface area contributed by atoms with Crippen LogP contribution in [0.2, 0.25) is 0 Å². The molecule has 0 spiro atoms. The van der Waals surface area contributed by atoms with Gasteiger partial charge >= 0.3 is 0 Å². The maximum atomic E-state index is 5.59.